The number of methoxy groups -OCH3 is 1. The Hall–Kier alpha value is -4.00. The molecule has 2 aromatic carbocycles. The highest BCUT2D eigenvalue weighted by molar-refractivity contribution is 6.03. The molecule has 0 bridgehead atoms. The Morgan fingerprint density at radius 3 is 2.60 bits per heavy atom. The summed E-state index contributed by atoms with van der Waals surface area (Å²) in [5.41, 5.74) is 3.43. The van der Waals surface area contributed by atoms with Crippen LogP contribution in [0.2, 0.25) is 0 Å². The Bertz CT molecular complexity index is 1200. The first-order valence-electron chi connectivity index (χ1n) is 9.26. The van der Waals surface area contributed by atoms with Crippen molar-refractivity contribution in [2.75, 3.05) is 12.4 Å². The average Bonchev–Trinajstić information content (AvgIpc) is 3.16. The van der Waals surface area contributed by atoms with Crippen molar-refractivity contribution in [2.45, 2.75) is 0 Å². The maximum absolute atomic E-state index is 13.8. The van der Waals surface area contributed by atoms with Crippen LogP contribution < -0.4 is 10.1 Å². The van der Waals surface area contributed by atoms with E-state index in [9.17, 15) is 9.18 Å². The molecule has 7 heteroatoms. The van der Waals surface area contributed by atoms with Crippen LogP contribution >= 0.6 is 0 Å². The fourth-order valence-electron chi connectivity index (χ4n) is 3.11. The van der Waals surface area contributed by atoms with Crippen molar-refractivity contribution in [3.63, 3.8) is 0 Å². The molecule has 4 rings (SSSR count). The number of carbonyl (C=O) groups excluding carboxylic acids is 1. The normalized spacial score (nSPS) is 10.6. The van der Waals surface area contributed by atoms with Crippen molar-refractivity contribution in [3.05, 3.63) is 84.3 Å². The number of nitrogens with one attached hydrogen (secondary N) is 1. The number of carbonyl (C=O) groups is 1. The van der Waals surface area contributed by atoms with Crippen LogP contribution in [-0.4, -0.2) is 27.8 Å². The van der Waals surface area contributed by atoms with Gasteiger partial charge >= 0.3 is 0 Å². The summed E-state index contributed by atoms with van der Waals surface area (Å²) < 4.78 is 20.8. The quantitative estimate of drug-likeness (QED) is 0.532. The van der Waals surface area contributed by atoms with Gasteiger partial charge in [0.1, 0.15) is 17.4 Å². The minimum Gasteiger partial charge on any atom is -0.497 e. The van der Waals surface area contributed by atoms with Gasteiger partial charge in [-0.2, -0.15) is 5.10 Å². The Morgan fingerprint density at radius 2 is 1.87 bits per heavy atom. The molecular weight excluding hydrogens is 383 g/mol. The van der Waals surface area contributed by atoms with Gasteiger partial charge in [-0.15, -0.1) is 0 Å². The first kappa shape index (κ1) is 19.3. The number of amides is 1. The number of nitrogens with zero attached hydrogens (tertiary/aromatic N) is 3. The molecule has 2 aromatic heterocycles. The molecule has 0 radical (unpaired) electrons. The fourth-order valence-corrected chi connectivity index (χ4v) is 3.11. The van der Waals surface area contributed by atoms with Crippen molar-refractivity contribution in [3.8, 4) is 28.3 Å². The third-order valence-electron chi connectivity index (χ3n) is 4.66. The van der Waals surface area contributed by atoms with Crippen LogP contribution in [0.1, 0.15) is 10.4 Å². The molecule has 0 aliphatic carbocycles. The predicted molar refractivity (Wildman–Crippen MR) is 113 cm³/mol. The number of aromatic nitrogens is 3. The topological polar surface area (TPSA) is 69.0 Å². The van der Waals surface area contributed by atoms with Gasteiger partial charge in [0.25, 0.3) is 5.91 Å². The second-order valence-corrected chi connectivity index (χ2v) is 6.64. The monoisotopic (exact) mass is 402 g/mol. The molecule has 0 saturated carbocycles. The first-order valence-corrected chi connectivity index (χ1v) is 9.26. The summed E-state index contributed by atoms with van der Waals surface area (Å²) in [6.07, 6.45) is 1.64. The molecule has 1 amide bonds. The summed E-state index contributed by atoms with van der Waals surface area (Å²) in [5, 5.41) is 7.18. The molecule has 4 aromatic rings. The van der Waals surface area contributed by atoms with E-state index < -0.39 is 11.7 Å². The lowest BCUT2D eigenvalue weighted by Gasteiger charge is -2.06. The minimum atomic E-state index is -0.577. The zero-order valence-electron chi connectivity index (χ0n) is 16.5. The number of hydrogen-bond acceptors (Lipinski definition) is 4. The van der Waals surface area contributed by atoms with Gasteiger partial charge in [0.05, 0.1) is 24.1 Å². The summed E-state index contributed by atoms with van der Waals surface area (Å²) in [6.45, 7) is 0. The molecule has 0 aliphatic heterocycles. The van der Waals surface area contributed by atoms with Gasteiger partial charge in [0.15, 0.2) is 0 Å². The number of pyridine rings is 1. The van der Waals surface area contributed by atoms with E-state index in [0.717, 1.165) is 28.3 Å². The van der Waals surface area contributed by atoms with Crippen molar-refractivity contribution in [1.82, 2.24) is 14.8 Å². The Kier molecular flexibility index (Phi) is 5.26. The van der Waals surface area contributed by atoms with Crippen molar-refractivity contribution >= 4 is 11.7 Å². The van der Waals surface area contributed by atoms with Crippen LogP contribution in [0, 0.1) is 5.82 Å². The number of ether oxygens (including phenoxy) is 1. The number of hydrogen-bond donors (Lipinski definition) is 1. The van der Waals surface area contributed by atoms with E-state index in [-0.39, 0.29) is 5.56 Å². The summed E-state index contributed by atoms with van der Waals surface area (Å²) in [4.78, 5) is 16.5. The SMILES string of the molecule is COc1cccc(-c2cc(-c3ccc(NC(=O)c4ccccc4F)nc3)n(C)n2)c1. The molecule has 1 N–H and O–H groups in total. The Labute approximate surface area is 173 Å². The molecule has 30 heavy (non-hydrogen) atoms. The number of aryl methyl sites for hydroxylation is 1. The van der Waals surface area contributed by atoms with Gasteiger partial charge < -0.3 is 10.1 Å². The highest BCUT2D eigenvalue weighted by atomic mass is 19.1. The predicted octanol–water partition coefficient (Wildman–Crippen LogP) is 4.55. The van der Waals surface area contributed by atoms with E-state index >= 15 is 0 Å². The number of rotatable bonds is 5. The average molecular weight is 402 g/mol. The molecule has 0 fully saturated rings. The van der Waals surface area contributed by atoms with Crippen molar-refractivity contribution < 1.29 is 13.9 Å². The van der Waals surface area contributed by atoms with Gasteiger partial charge in [0, 0.05) is 24.4 Å². The van der Waals surface area contributed by atoms with Gasteiger partial charge in [-0.3, -0.25) is 9.48 Å². The highest BCUT2D eigenvalue weighted by Gasteiger charge is 2.13. The van der Waals surface area contributed by atoms with E-state index in [1.165, 1.54) is 18.2 Å². The summed E-state index contributed by atoms with van der Waals surface area (Å²) in [5.74, 6) is -0.0284. The summed E-state index contributed by atoms with van der Waals surface area (Å²) in [7, 11) is 3.48. The number of anilines is 1. The van der Waals surface area contributed by atoms with Crippen LogP contribution in [0.15, 0.2) is 72.9 Å². The lowest BCUT2D eigenvalue weighted by Crippen LogP contribution is -2.14. The lowest BCUT2D eigenvalue weighted by molar-refractivity contribution is 0.102. The van der Waals surface area contributed by atoms with Crippen LogP contribution in [0.25, 0.3) is 22.5 Å². The molecular formula is C23H19FN4O2. The second kappa shape index (κ2) is 8.16. The molecule has 150 valence electrons. The van der Waals surface area contributed by atoms with Gasteiger partial charge in [-0.25, -0.2) is 9.37 Å². The van der Waals surface area contributed by atoms with Crippen LogP contribution in [0.4, 0.5) is 10.2 Å². The molecule has 0 atom stereocenters. The van der Waals surface area contributed by atoms with E-state index in [1.54, 1.807) is 30.1 Å². The molecule has 0 saturated heterocycles. The third kappa shape index (κ3) is 3.91. The molecule has 0 unspecified atom stereocenters. The zero-order valence-corrected chi connectivity index (χ0v) is 16.5. The maximum atomic E-state index is 13.8. The standard InChI is InChI=1S/C23H19FN4O2/c1-28-21(13-20(27-28)15-6-5-7-17(12-15)30-2)16-10-11-22(25-14-16)26-23(29)18-8-3-4-9-19(18)24/h3-14H,1-2H3,(H,25,26,29). The fraction of sp³-hybridized carbons (Fsp3) is 0.0870. The smallest absolute Gasteiger partial charge is 0.259 e. The molecule has 0 spiro atoms. The zero-order chi connectivity index (χ0) is 21.1. The van der Waals surface area contributed by atoms with E-state index in [0.29, 0.717) is 5.82 Å². The van der Waals surface area contributed by atoms with Crippen molar-refractivity contribution in [1.29, 1.82) is 0 Å². The summed E-state index contributed by atoms with van der Waals surface area (Å²) >= 11 is 0. The van der Waals surface area contributed by atoms with Crippen LogP contribution in [-0.2, 0) is 7.05 Å². The molecule has 6 nitrogen and oxygen atoms in total. The molecule has 0 aliphatic rings. The third-order valence-corrected chi connectivity index (χ3v) is 4.66. The van der Waals surface area contributed by atoms with Gasteiger partial charge in [0.2, 0.25) is 0 Å². The van der Waals surface area contributed by atoms with E-state index in [1.807, 2.05) is 43.4 Å². The van der Waals surface area contributed by atoms with Crippen molar-refractivity contribution in [2.24, 2.45) is 7.05 Å². The summed E-state index contributed by atoms with van der Waals surface area (Å²) in [6, 6.07) is 19.0. The van der Waals surface area contributed by atoms with Gasteiger partial charge in [-0.05, 0) is 42.5 Å². The van der Waals surface area contributed by atoms with Crippen LogP contribution in [0.5, 0.6) is 5.75 Å². The van der Waals surface area contributed by atoms with E-state index in [4.69, 9.17) is 4.74 Å². The molecule has 2 heterocycles. The first-order chi connectivity index (χ1) is 14.5. The largest absolute Gasteiger partial charge is 0.497 e. The number of halogens is 1. The lowest BCUT2D eigenvalue weighted by atomic mass is 10.1. The minimum absolute atomic E-state index is 0.0297. The Morgan fingerprint density at radius 1 is 1.03 bits per heavy atom. The van der Waals surface area contributed by atoms with Crippen LogP contribution in [0.3, 0.4) is 0 Å². The number of benzene rings is 2. The van der Waals surface area contributed by atoms with Gasteiger partial charge in [-0.1, -0.05) is 24.3 Å². The van der Waals surface area contributed by atoms with E-state index in [2.05, 4.69) is 15.4 Å². The highest BCUT2D eigenvalue weighted by Crippen LogP contribution is 2.27. The second-order valence-electron chi connectivity index (χ2n) is 6.64. The maximum Gasteiger partial charge on any atom is 0.259 e. The Balaban J connectivity index is 1.55.